The van der Waals surface area contributed by atoms with Crippen molar-refractivity contribution in [1.82, 2.24) is 5.32 Å². The zero-order chi connectivity index (χ0) is 15.0. The molecule has 0 bridgehead atoms. The van der Waals surface area contributed by atoms with Crippen molar-refractivity contribution in [3.63, 3.8) is 0 Å². The van der Waals surface area contributed by atoms with Crippen LogP contribution in [0.4, 0.5) is 5.69 Å². The average Bonchev–Trinajstić information content (AvgIpc) is 2.77. The van der Waals surface area contributed by atoms with Gasteiger partial charge >= 0.3 is 0 Å². The maximum atomic E-state index is 11.9. The smallest absolute Gasteiger partial charge is 0.246 e. The fourth-order valence-electron chi connectivity index (χ4n) is 2.54. The second-order valence-corrected chi connectivity index (χ2v) is 6.45. The van der Waals surface area contributed by atoms with Crippen LogP contribution in [0.2, 0.25) is 0 Å². The second kappa shape index (κ2) is 5.54. The molecule has 3 rings (SSSR count). The van der Waals surface area contributed by atoms with Crippen LogP contribution in [0.1, 0.15) is 22.7 Å². The summed E-state index contributed by atoms with van der Waals surface area (Å²) >= 11 is 1.73. The number of amides is 1. The number of aryl methyl sites for hydroxylation is 2. The predicted molar refractivity (Wildman–Crippen MR) is 86.9 cm³/mol. The lowest BCUT2D eigenvalue weighted by Gasteiger charge is -2.09. The van der Waals surface area contributed by atoms with E-state index in [0.717, 1.165) is 16.1 Å². The zero-order valence-electron chi connectivity index (χ0n) is 12.4. The first-order valence-electron chi connectivity index (χ1n) is 6.95. The Hall–Kier alpha value is -1.78. The molecule has 1 atom stereocenters. The maximum absolute atomic E-state index is 11.9. The van der Waals surface area contributed by atoms with E-state index < -0.39 is 0 Å². The average molecular weight is 298 g/mol. The molecule has 0 saturated carbocycles. The summed E-state index contributed by atoms with van der Waals surface area (Å²) in [6, 6.07) is 12.4. The molecule has 1 heterocycles. The minimum absolute atomic E-state index is 0.0152. The lowest BCUT2D eigenvalue weighted by Crippen LogP contribution is -2.23. The third-order valence-corrected chi connectivity index (χ3v) is 4.87. The fourth-order valence-corrected chi connectivity index (χ4v) is 3.58. The number of carbonyl (C=O) groups excluding carboxylic acids is 1. The van der Waals surface area contributed by atoms with E-state index in [1.54, 1.807) is 18.8 Å². The van der Waals surface area contributed by atoms with Gasteiger partial charge in [0.15, 0.2) is 0 Å². The van der Waals surface area contributed by atoms with Crippen LogP contribution >= 0.6 is 11.8 Å². The highest BCUT2D eigenvalue weighted by molar-refractivity contribution is 7.99. The highest BCUT2D eigenvalue weighted by atomic mass is 32.2. The molecular weight excluding hydrogens is 280 g/mol. The van der Waals surface area contributed by atoms with Crippen molar-refractivity contribution < 1.29 is 4.79 Å². The Morgan fingerprint density at radius 3 is 2.71 bits per heavy atom. The van der Waals surface area contributed by atoms with E-state index in [-0.39, 0.29) is 11.9 Å². The van der Waals surface area contributed by atoms with E-state index in [1.165, 1.54) is 16.0 Å². The summed E-state index contributed by atoms with van der Waals surface area (Å²) in [6.45, 7) is 4.22. The van der Waals surface area contributed by atoms with Crippen LogP contribution < -0.4 is 10.6 Å². The molecule has 2 aromatic carbocycles. The molecule has 0 spiro atoms. The van der Waals surface area contributed by atoms with E-state index in [1.807, 2.05) is 6.07 Å². The van der Waals surface area contributed by atoms with Crippen molar-refractivity contribution in [2.75, 3.05) is 12.4 Å². The van der Waals surface area contributed by atoms with Gasteiger partial charge in [-0.1, -0.05) is 30.0 Å². The molecule has 2 N–H and O–H groups in total. The molecule has 0 fully saturated rings. The van der Waals surface area contributed by atoms with Gasteiger partial charge in [0.05, 0.1) is 0 Å². The Morgan fingerprint density at radius 2 is 1.95 bits per heavy atom. The first kappa shape index (κ1) is 14.2. The van der Waals surface area contributed by atoms with Gasteiger partial charge in [0, 0.05) is 21.0 Å². The van der Waals surface area contributed by atoms with Crippen LogP contribution in [-0.2, 0) is 4.79 Å². The molecule has 1 amide bonds. The molecular formula is C17H18N2OS. The van der Waals surface area contributed by atoms with Crippen molar-refractivity contribution in [3.8, 4) is 0 Å². The van der Waals surface area contributed by atoms with Crippen molar-refractivity contribution in [2.45, 2.75) is 29.7 Å². The highest BCUT2D eigenvalue weighted by Gasteiger charge is 2.29. The number of hydrogen-bond donors (Lipinski definition) is 2. The van der Waals surface area contributed by atoms with Crippen LogP contribution in [-0.4, -0.2) is 13.0 Å². The van der Waals surface area contributed by atoms with Crippen molar-refractivity contribution in [2.24, 2.45) is 0 Å². The standard InChI is InChI=1S/C17H18N2OS/c1-10-4-5-11(2)15(8-10)21-12-6-7-13-14(9-12)19-17(20)16(13)18-3/h4-9,16,18H,1-3H3,(H,19,20). The Morgan fingerprint density at radius 1 is 1.14 bits per heavy atom. The van der Waals surface area contributed by atoms with Crippen LogP contribution in [0.5, 0.6) is 0 Å². The summed E-state index contributed by atoms with van der Waals surface area (Å²) < 4.78 is 0. The highest BCUT2D eigenvalue weighted by Crippen LogP contribution is 2.37. The minimum Gasteiger partial charge on any atom is -0.324 e. The Balaban J connectivity index is 1.90. The molecule has 3 nitrogen and oxygen atoms in total. The van der Waals surface area contributed by atoms with E-state index in [9.17, 15) is 4.79 Å². The number of rotatable bonds is 3. The molecule has 1 aliphatic heterocycles. The number of carbonyl (C=O) groups is 1. The summed E-state index contributed by atoms with van der Waals surface area (Å²) in [5, 5.41) is 5.97. The summed E-state index contributed by atoms with van der Waals surface area (Å²) in [5.74, 6) is 0.0152. The van der Waals surface area contributed by atoms with Gasteiger partial charge in [-0.3, -0.25) is 4.79 Å². The third kappa shape index (κ3) is 2.69. The lowest BCUT2D eigenvalue weighted by atomic mass is 10.1. The molecule has 0 radical (unpaired) electrons. The third-order valence-electron chi connectivity index (χ3n) is 3.72. The molecule has 4 heteroatoms. The molecule has 21 heavy (non-hydrogen) atoms. The normalized spacial score (nSPS) is 16.7. The number of fused-ring (bicyclic) bond motifs is 1. The summed E-state index contributed by atoms with van der Waals surface area (Å²) in [4.78, 5) is 14.2. The number of benzene rings is 2. The van der Waals surface area contributed by atoms with Crippen LogP contribution in [0.3, 0.4) is 0 Å². The molecule has 1 unspecified atom stereocenters. The summed E-state index contributed by atoms with van der Waals surface area (Å²) in [6.07, 6.45) is 0. The molecule has 108 valence electrons. The van der Waals surface area contributed by atoms with Gasteiger partial charge in [0.1, 0.15) is 6.04 Å². The summed E-state index contributed by atoms with van der Waals surface area (Å²) in [5.41, 5.74) is 4.46. The molecule has 0 aromatic heterocycles. The minimum atomic E-state index is -0.236. The largest absolute Gasteiger partial charge is 0.324 e. The fraction of sp³-hybridized carbons (Fsp3) is 0.235. The number of hydrogen-bond acceptors (Lipinski definition) is 3. The molecule has 0 aliphatic carbocycles. The van der Waals surface area contributed by atoms with Crippen molar-refractivity contribution in [1.29, 1.82) is 0 Å². The molecule has 2 aromatic rings. The van der Waals surface area contributed by atoms with Crippen molar-refractivity contribution in [3.05, 3.63) is 53.1 Å². The second-order valence-electron chi connectivity index (χ2n) is 5.33. The number of likely N-dealkylation sites (N-methyl/N-ethyl adjacent to an activating group) is 1. The van der Waals surface area contributed by atoms with E-state index in [4.69, 9.17) is 0 Å². The molecule has 1 aliphatic rings. The van der Waals surface area contributed by atoms with Crippen molar-refractivity contribution >= 4 is 23.4 Å². The quantitative estimate of drug-likeness (QED) is 0.908. The molecule has 0 saturated heterocycles. The zero-order valence-corrected chi connectivity index (χ0v) is 13.2. The van der Waals surface area contributed by atoms with Gasteiger partial charge in [-0.05, 0) is 50.2 Å². The monoisotopic (exact) mass is 298 g/mol. The summed E-state index contributed by atoms with van der Waals surface area (Å²) in [7, 11) is 1.80. The Bertz CT molecular complexity index is 712. The topological polar surface area (TPSA) is 41.1 Å². The Labute approximate surface area is 129 Å². The van der Waals surface area contributed by atoms with Crippen LogP contribution in [0.25, 0.3) is 0 Å². The van der Waals surface area contributed by atoms with E-state index in [2.05, 4.69) is 54.8 Å². The SMILES string of the molecule is CNC1C(=O)Nc2cc(Sc3cc(C)ccc3C)ccc21. The van der Waals surface area contributed by atoms with Gasteiger partial charge in [-0.2, -0.15) is 0 Å². The van der Waals surface area contributed by atoms with Gasteiger partial charge in [-0.25, -0.2) is 0 Å². The maximum Gasteiger partial charge on any atom is 0.246 e. The predicted octanol–water partition coefficient (Wildman–Crippen LogP) is 3.67. The number of anilines is 1. The Kier molecular flexibility index (Phi) is 3.74. The van der Waals surface area contributed by atoms with Crippen LogP contribution in [0, 0.1) is 13.8 Å². The van der Waals surface area contributed by atoms with Crippen LogP contribution in [0.15, 0.2) is 46.2 Å². The van der Waals surface area contributed by atoms with E-state index in [0.29, 0.717) is 0 Å². The number of nitrogens with one attached hydrogen (secondary N) is 2. The lowest BCUT2D eigenvalue weighted by molar-refractivity contribution is -0.117. The van der Waals surface area contributed by atoms with E-state index >= 15 is 0 Å². The van der Waals surface area contributed by atoms with Gasteiger partial charge in [-0.15, -0.1) is 0 Å². The van der Waals surface area contributed by atoms with Gasteiger partial charge in [0.25, 0.3) is 0 Å². The van der Waals surface area contributed by atoms with Gasteiger partial charge in [0.2, 0.25) is 5.91 Å². The van der Waals surface area contributed by atoms with Gasteiger partial charge < -0.3 is 10.6 Å². The first-order chi connectivity index (χ1) is 10.1. The first-order valence-corrected chi connectivity index (χ1v) is 7.77.